The molecule has 0 saturated carbocycles. The van der Waals surface area contributed by atoms with E-state index in [0.717, 1.165) is 28.0 Å². The molecular formula is C21H15ClN2O2. The zero-order chi connectivity index (χ0) is 17.9. The largest absolute Gasteiger partial charge is 0.497 e. The van der Waals surface area contributed by atoms with E-state index >= 15 is 0 Å². The topological polar surface area (TPSA) is 48.2 Å². The van der Waals surface area contributed by atoms with Crippen LogP contribution in [0.25, 0.3) is 34.0 Å². The van der Waals surface area contributed by atoms with Gasteiger partial charge in [0.2, 0.25) is 5.82 Å². The molecule has 0 aliphatic carbocycles. The maximum Gasteiger partial charge on any atom is 0.258 e. The quantitative estimate of drug-likeness (QED) is 0.465. The third kappa shape index (κ3) is 3.19. The Bertz CT molecular complexity index is 1020. The van der Waals surface area contributed by atoms with Crippen molar-refractivity contribution < 1.29 is 9.26 Å². The summed E-state index contributed by atoms with van der Waals surface area (Å²) in [4.78, 5) is 4.46. The number of ether oxygens (including phenoxy) is 1. The summed E-state index contributed by atoms with van der Waals surface area (Å²) < 4.78 is 10.6. The number of nitrogens with zero attached hydrogens (tertiary/aromatic N) is 2. The first-order chi connectivity index (χ1) is 12.7. The second kappa shape index (κ2) is 7.02. The number of hydrogen-bond acceptors (Lipinski definition) is 4. The molecule has 128 valence electrons. The molecule has 3 aromatic carbocycles. The van der Waals surface area contributed by atoms with Crippen molar-refractivity contribution >= 4 is 11.6 Å². The van der Waals surface area contributed by atoms with Crippen molar-refractivity contribution in [2.75, 3.05) is 7.11 Å². The Labute approximate surface area is 156 Å². The van der Waals surface area contributed by atoms with Crippen molar-refractivity contribution in [3.8, 4) is 39.7 Å². The number of rotatable bonds is 4. The Morgan fingerprint density at radius 3 is 2.08 bits per heavy atom. The van der Waals surface area contributed by atoms with E-state index < -0.39 is 0 Å². The summed E-state index contributed by atoms with van der Waals surface area (Å²) in [5, 5.41) is 4.63. The lowest BCUT2D eigenvalue weighted by Crippen LogP contribution is -1.84. The number of methoxy groups -OCH3 is 1. The number of hydrogen-bond donors (Lipinski definition) is 0. The van der Waals surface area contributed by atoms with Crippen molar-refractivity contribution in [3.05, 3.63) is 77.8 Å². The molecule has 5 heteroatoms. The van der Waals surface area contributed by atoms with E-state index in [2.05, 4.69) is 10.1 Å². The molecule has 1 aromatic heterocycles. The van der Waals surface area contributed by atoms with Crippen LogP contribution in [-0.4, -0.2) is 17.3 Å². The molecule has 4 nitrogen and oxygen atoms in total. The fourth-order valence-corrected chi connectivity index (χ4v) is 2.90. The molecule has 26 heavy (non-hydrogen) atoms. The van der Waals surface area contributed by atoms with E-state index in [0.29, 0.717) is 16.7 Å². The summed E-state index contributed by atoms with van der Waals surface area (Å²) >= 11 is 6.19. The van der Waals surface area contributed by atoms with Crippen LogP contribution >= 0.6 is 11.6 Å². The Morgan fingerprint density at radius 1 is 0.808 bits per heavy atom. The molecule has 0 aliphatic rings. The van der Waals surface area contributed by atoms with Crippen LogP contribution in [0.5, 0.6) is 5.75 Å². The summed E-state index contributed by atoms with van der Waals surface area (Å²) in [6.45, 7) is 0. The van der Waals surface area contributed by atoms with Gasteiger partial charge in [0.1, 0.15) is 5.75 Å². The molecule has 0 aliphatic heterocycles. The fraction of sp³-hybridized carbons (Fsp3) is 0.0476. The lowest BCUT2D eigenvalue weighted by atomic mass is 10.0. The highest BCUT2D eigenvalue weighted by atomic mass is 35.5. The van der Waals surface area contributed by atoms with Crippen molar-refractivity contribution in [1.29, 1.82) is 0 Å². The van der Waals surface area contributed by atoms with Gasteiger partial charge in [-0.05, 0) is 47.5 Å². The fourth-order valence-electron chi connectivity index (χ4n) is 2.68. The van der Waals surface area contributed by atoms with Gasteiger partial charge in [0.25, 0.3) is 5.89 Å². The van der Waals surface area contributed by atoms with Crippen LogP contribution in [0.15, 0.2) is 77.3 Å². The second-order valence-corrected chi connectivity index (χ2v) is 6.12. The predicted molar refractivity (Wildman–Crippen MR) is 102 cm³/mol. The third-order valence-corrected chi connectivity index (χ3v) is 4.43. The predicted octanol–water partition coefficient (Wildman–Crippen LogP) is 5.73. The minimum Gasteiger partial charge on any atom is -0.497 e. The van der Waals surface area contributed by atoms with E-state index in [1.807, 2.05) is 66.7 Å². The molecule has 1 heterocycles. The van der Waals surface area contributed by atoms with Crippen LogP contribution in [0.4, 0.5) is 0 Å². The highest BCUT2D eigenvalue weighted by Crippen LogP contribution is 2.29. The molecule has 0 bridgehead atoms. The van der Waals surface area contributed by atoms with Crippen LogP contribution in [0.2, 0.25) is 5.02 Å². The number of benzene rings is 3. The summed E-state index contributed by atoms with van der Waals surface area (Å²) in [5.41, 5.74) is 3.81. The van der Waals surface area contributed by atoms with Gasteiger partial charge in [-0.3, -0.25) is 0 Å². The van der Waals surface area contributed by atoms with Crippen LogP contribution < -0.4 is 4.74 Å². The molecule has 0 atom stereocenters. The van der Waals surface area contributed by atoms with Gasteiger partial charge in [0, 0.05) is 11.1 Å². The van der Waals surface area contributed by atoms with Gasteiger partial charge in [0.05, 0.1) is 12.1 Å². The molecular weight excluding hydrogens is 348 g/mol. The van der Waals surface area contributed by atoms with E-state index in [1.165, 1.54) is 0 Å². The molecule has 0 amide bonds. The molecule has 4 aromatic rings. The van der Waals surface area contributed by atoms with Gasteiger partial charge < -0.3 is 9.26 Å². The average Bonchev–Trinajstić information content (AvgIpc) is 3.18. The number of halogens is 1. The van der Waals surface area contributed by atoms with E-state index in [-0.39, 0.29) is 0 Å². The van der Waals surface area contributed by atoms with E-state index in [9.17, 15) is 0 Å². The monoisotopic (exact) mass is 362 g/mol. The van der Waals surface area contributed by atoms with Gasteiger partial charge in [-0.15, -0.1) is 0 Å². The van der Waals surface area contributed by atoms with Gasteiger partial charge in [0.15, 0.2) is 0 Å². The molecule has 0 N–H and O–H groups in total. The standard InChI is InChI=1S/C21H15ClN2O2/c1-25-17-12-10-15(11-13-17)14-6-8-16(9-7-14)21-23-20(24-26-21)18-4-2-3-5-19(18)22/h2-13H,1H3. The third-order valence-electron chi connectivity index (χ3n) is 4.10. The van der Waals surface area contributed by atoms with Gasteiger partial charge >= 0.3 is 0 Å². The SMILES string of the molecule is COc1ccc(-c2ccc(-c3nc(-c4ccccc4Cl)no3)cc2)cc1. The first kappa shape index (κ1) is 16.4. The highest BCUT2D eigenvalue weighted by Gasteiger charge is 2.13. The van der Waals surface area contributed by atoms with Crippen LogP contribution in [0.1, 0.15) is 0 Å². The maximum atomic E-state index is 6.19. The zero-order valence-electron chi connectivity index (χ0n) is 14.0. The normalized spacial score (nSPS) is 10.7. The lowest BCUT2D eigenvalue weighted by Gasteiger charge is -2.04. The smallest absolute Gasteiger partial charge is 0.258 e. The van der Waals surface area contributed by atoms with E-state index in [1.54, 1.807) is 13.2 Å². The van der Waals surface area contributed by atoms with Crippen molar-refractivity contribution in [2.24, 2.45) is 0 Å². The van der Waals surface area contributed by atoms with Crippen LogP contribution in [0, 0.1) is 0 Å². The molecule has 0 unspecified atom stereocenters. The Balaban J connectivity index is 1.60. The zero-order valence-corrected chi connectivity index (χ0v) is 14.8. The molecule has 0 spiro atoms. The highest BCUT2D eigenvalue weighted by molar-refractivity contribution is 6.33. The summed E-state index contributed by atoms with van der Waals surface area (Å²) in [6, 6.07) is 23.3. The minimum atomic E-state index is 0.459. The van der Waals surface area contributed by atoms with Gasteiger partial charge in [-0.25, -0.2) is 0 Å². The van der Waals surface area contributed by atoms with Crippen molar-refractivity contribution in [2.45, 2.75) is 0 Å². The maximum absolute atomic E-state index is 6.19. The van der Waals surface area contributed by atoms with Crippen molar-refractivity contribution in [3.63, 3.8) is 0 Å². The summed E-state index contributed by atoms with van der Waals surface area (Å²) in [7, 11) is 1.66. The average molecular weight is 363 g/mol. The van der Waals surface area contributed by atoms with Crippen LogP contribution in [-0.2, 0) is 0 Å². The second-order valence-electron chi connectivity index (χ2n) is 5.71. The first-order valence-corrected chi connectivity index (χ1v) is 8.46. The molecule has 0 fully saturated rings. The van der Waals surface area contributed by atoms with Gasteiger partial charge in [-0.2, -0.15) is 4.98 Å². The van der Waals surface area contributed by atoms with Gasteiger partial charge in [-0.1, -0.05) is 53.2 Å². The summed E-state index contributed by atoms with van der Waals surface area (Å²) in [5.74, 6) is 1.77. The molecule has 0 saturated heterocycles. The molecule has 4 rings (SSSR count). The Kier molecular flexibility index (Phi) is 4.42. The minimum absolute atomic E-state index is 0.459. The molecule has 0 radical (unpaired) electrons. The van der Waals surface area contributed by atoms with Crippen molar-refractivity contribution in [1.82, 2.24) is 10.1 Å². The van der Waals surface area contributed by atoms with E-state index in [4.69, 9.17) is 20.9 Å². The lowest BCUT2D eigenvalue weighted by molar-refractivity contribution is 0.415. The first-order valence-electron chi connectivity index (χ1n) is 8.08. The summed E-state index contributed by atoms with van der Waals surface area (Å²) in [6.07, 6.45) is 0. The Hall–Kier alpha value is -3.11. The Morgan fingerprint density at radius 2 is 1.42 bits per heavy atom. The van der Waals surface area contributed by atoms with Crippen LogP contribution in [0.3, 0.4) is 0 Å². The number of aromatic nitrogens is 2.